The second-order valence-electron chi connectivity index (χ2n) is 3.59. The first-order chi connectivity index (χ1) is 7.60. The molecule has 86 valence electrons. The van der Waals surface area contributed by atoms with E-state index in [-0.39, 0.29) is 0 Å². The summed E-state index contributed by atoms with van der Waals surface area (Å²) in [6.07, 6.45) is 0.651. The van der Waals surface area contributed by atoms with Crippen molar-refractivity contribution in [2.45, 2.75) is 12.8 Å². The van der Waals surface area contributed by atoms with E-state index in [1.165, 1.54) is 7.11 Å². The van der Waals surface area contributed by atoms with Crippen molar-refractivity contribution in [3.63, 3.8) is 0 Å². The summed E-state index contributed by atoms with van der Waals surface area (Å²) in [6, 6.07) is 6.76. The molecule has 0 aliphatic heterocycles. The number of carboxylic acid groups (broad SMARTS) is 1. The normalized spacial score (nSPS) is 13.9. The lowest BCUT2D eigenvalue weighted by Gasteiger charge is -2.16. The first-order valence-corrected chi connectivity index (χ1v) is 4.92. The van der Waals surface area contributed by atoms with Gasteiger partial charge in [-0.1, -0.05) is 19.1 Å². The number of hydrogen-bond acceptors (Lipinski definition) is 3. The molecular formula is C12H14O4. The molecule has 1 rings (SSSR count). The number of carboxylic acids is 1. The van der Waals surface area contributed by atoms with Crippen LogP contribution in [0.3, 0.4) is 0 Å². The maximum atomic E-state index is 11.1. The van der Waals surface area contributed by atoms with E-state index in [1.54, 1.807) is 31.2 Å². The lowest BCUT2D eigenvalue weighted by atomic mass is 9.88. The molecule has 0 aliphatic carbocycles. The van der Waals surface area contributed by atoms with Crippen molar-refractivity contribution in [1.29, 1.82) is 0 Å². The number of aliphatic carboxylic acids is 1. The zero-order valence-electron chi connectivity index (χ0n) is 9.21. The molecule has 0 fully saturated rings. The van der Waals surface area contributed by atoms with Crippen molar-refractivity contribution < 1.29 is 19.4 Å². The van der Waals surface area contributed by atoms with Crippen LogP contribution in [-0.4, -0.2) is 24.5 Å². The van der Waals surface area contributed by atoms with Crippen LogP contribution in [0.1, 0.15) is 18.4 Å². The molecule has 2 unspecified atom stereocenters. The highest BCUT2D eigenvalue weighted by atomic mass is 16.5. The minimum atomic E-state index is -1.01. The van der Waals surface area contributed by atoms with Crippen molar-refractivity contribution in [3.8, 4) is 5.75 Å². The second-order valence-corrected chi connectivity index (χ2v) is 3.59. The smallest absolute Gasteiger partial charge is 0.311 e. The lowest BCUT2D eigenvalue weighted by molar-refractivity contribution is -0.141. The molecular weight excluding hydrogens is 208 g/mol. The quantitative estimate of drug-likeness (QED) is 0.770. The van der Waals surface area contributed by atoms with Crippen molar-refractivity contribution in [2.24, 2.45) is 5.92 Å². The molecule has 0 spiro atoms. The molecule has 0 saturated heterocycles. The summed E-state index contributed by atoms with van der Waals surface area (Å²) >= 11 is 0. The number of benzene rings is 1. The zero-order valence-corrected chi connectivity index (χ0v) is 9.21. The molecule has 4 nitrogen and oxygen atoms in total. The van der Waals surface area contributed by atoms with E-state index in [4.69, 9.17) is 9.84 Å². The predicted octanol–water partition coefficient (Wildman–Crippen LogP) is 1.70. The van der Waals surface area contributed by atoms with Gasteiger partial charge in [-0.15, -0.1) is 0 Å². The molecule has 0 saturated carbocycles. The maximum Gasteiger partial charge on any atom is 0.311 e. The Bertz CT molecular complexity index is 386. The molecule has 0 aromatic heterocycles. The predicted molar refractivity (Wildman–Crippen MR) is 58.6 cm³/mol. The summed E-state index contributed by atoms with van der Waals surface area (Å²) in [5, 5.41) is 9.09. The zero-order chi connectivity index (χ0) is 12.1. The first-order valence-electron chi connectivity index (χ1n) is 4.92. The van der Waals surface area contributed by atoms with Gasteiger partial charge in [0, 0.05) is 5.92 Å². The van der Waals surface area contributed by atoms with Gasteiger partial charge in [-0.2, -0.15) is 0 Å². The Kier molecular flexibility index (Phi) is 4.05. The molecule has 2 atom stereocenters. The second kappa shape index (κ2) is 5.30. The average Bonchev–Trinajstić information content (AvgIpc) is 2.29. The van der Waals surface area contributed by atoms with E-state index in [1.807, 2.05) is 0 Å². The van der Waals surface area contributed by atoms with E-state index < -0.39 is 17.8 Å². The van der Waals surface area contributed by atoms with Crippen molar-refractivity contribution in [2.75, 3.05) is 7.11 Å². The molecule has 0 heterocycles. The summed E-state index contributed by atoms with van der Waals surface area (Å²) in [6.45, 7) is 1.59. The van der Waals surface area contributed by atoms with Crippen molar-refractivity contribution >= 4 is 12.3 Å². The SMILES string of the molecule is COc1cccc(C(C(=O)O)C(C)C=O)c1. The highest BCUT2D eigenvalue weighted by Gasteiger charge is 2.26. The fourth-order valence-corrected chi connectivity index (χ4v) is 1.58. The molecule has 0 aliphatic rings. The highest BCUT2D eigenvalue weighted by molar-refractivity contribution is 5.80. The number of carbonyl (C=O) groups excluding carboxylic acids is 1. The largest absolute Gasteiger partial charge is 0.497 e. The molecule has 0 bridgehead atoms. The van der Waals surface area contributed by atoms with E-state index in [2.05, 4.69) is 0 Å². The topological polar surface area (TPSA) is 63.6 Å². The fraction of sp³-hybridized carbons (Fsp3) is 0.333. The van der Waals surface area contributed by atoms with Gasteiger partial charge in [-0.05, 0) is 17.7 Å². The van der Waals surface area contributed by atoms with Crippen LogP contribution < -0.4 is 4.74 Å². The molecule has 0 radical (unpaired) electrons. The minimum absolute atomic E-state index is 0.565. The van der Waals surface area contributed by atoms with Crippen LogP contribution in [0.2, 0.25) is 0 Å². The standard InChI is InChI=1S/C12H14O4/c1-8(7-13)11(12(14)15)9-4-3-5-10(6-9)16-2/h3-8,11H,1-2H3,(H,14,15). The van der Waals surface area contributed by atoms with Gasteiger partial charge in [0.2, 0.25) is 0 Å². The van der Waals surface area contributed by atoms with Gasteiger partial charge >= 0.3 is 5.97 Å². The van der Waals surface area contributed by atoms with Gasteiger partial charge < -0.3 is 14.6 Å². The minimum Gasteiger partial charge on any atom is -0.497 e. The Hall–Kier alpha value is -1.84. The van der Waals surface area contributed by atoms with Crippen LogP contribution in [-0.2, 0) is 9.59 Å². The Balaban J connectivity index is 3.10. The summed E-state index contributed by atoms with van der Waals surface area (Å²) in [4.78, 5) is 21.8. The van der Waals surface area contributed by atoms with Gasteiger partial charge in [0.05, 0.1) is 13.0 Å². The molecule has 0 amide bonds. The number of methoxy groups -OCH3 is 1. The summed E-state index contributed by atoms with van der Waals surface area (Å²) in [7, 11) is 1.51. The van der Waals surface area contributed by atoms with Crippen LogP contribution in [0.5, 0.6) is 5.75 Å². The Labute approximate surface area is 93.9 Å². The summed E-state index contributed by atoms with van der Waals surface area (Å²) < 4.78 is 5.02. The van der Waals surface area contributed by atoms with Crippen LogP contribution in [0, 0.1) is 5.92 Å². The van der Waals surface area contributed by atoms with Gasteiger partial charge in [-0.3, -0.25) is 4.79 Å². The van der Waals surface area contributed by atoms with Crippen LogP contribution in [0.15, 0.2) is 24.3 Å². The third kappa shape index (κ3) is 2.59. The van der Waals surface area contributed by atoms with Crippen LogP contribution >= 0.6 is 0 Å². The van der Waals surface area contributed by atoms with Gasteiger partial charge in [0.25, 0.3) is 0 Å². The fourth-order valence-electron chi connectivity index (χ4n) is 1.58. The number of ether oxygens (including phenoxy) is 1. The third-order valence-electron chi connectivity index (χ3n) is 2.46. The van der Waals surface area contributed by atoms with Crippen molar-refractivity contribution in [1.82, 2.24) is 0 Å². The number of rotatable bonds is 5. The highest BCUT2D eigenvalue weighted by Crippen LogP contribution is 2.26. The molecule has 1 N–H and O–H groups in total. The third-order valence-corrected chi connectivity index (χ3v) is 2.46. The number of carbonyl (C=O) groups is 2. The Morgan fingerprint density at radius 1 is 1.50 bits per heavy atom. The number of hydrogen-bond donors (Lipinski definition) is 1. The number of aldehydes is 1. The molecule has 4 heteroatoms. The van der Waals surface area contributed by atoms with Crippen LogP contribution in [0.25, 0.3) is 0 Å². The van der Waals surface area contributed by atoms with Gasteiger partial charge in [0.15, 0.2) is 0 Å². The van der Waals surface area contributed by atoms with Crippen molar-refractivity contribution in [3.05, 3.63) is 29.8 Å². The van der Waals surface area contributed by atoms with Crippen LogP contribution in [0.4, 0.5) is 0 Å². The van der Waals surface area contributed by atoms with Gasteiger partial charge in [0.1, 0.15) is 12.0 Å². The van der Waals surface area contributed by atoms with E-state index in [0.29, 0.717) is 17.6 Å². The Morgan fingerprint density at radius 3 is 2.69 bits per heavy atom. The average molecular weight is 222 g/mol. The molecule has 1 aromatic carbocycles. The molecule has 16 heavy (non-hydrogen) atoms. The van der Waals surface area contributed by atoms with E-state index >= 15 is 0 Å². The van der Waals surface area contributed by atoms with Gasteiger partial charge in [-0.25, -0.2) is 0 Å². The monoisotopic (exact) mass is 222 g/mol. The van der Waals surface area contributed by atoms with E-state index in [0.717, 1.165) is 0 Å². The summed E-state index contributed by atoms with van der Waals surface area (Å²) in [5.74, 6) is -1.81. The maximum absolute atomic E-state index is 11.1. The summed E-state index contributed by atoms with van der Waals surface area (Å²) in [5.41, 5.74) is 0.575. The Morgan fingerprint density at radius 2 is 2.19 bits per heavy atom. The molecule has 1 aromatic rings. The van der Waals surface area contributed by atoms with E-state index in [9.17, 15) is 9.59 Å². The first kappa shape index (κ1) is 12.2. The lowest BCUT2D eigenvalue weighted by Crippen LogP contribution is -2.20.